The molecule has 0 bridgehead atoms. The fourth-order valence-electron chi connectivity index (χ4n) is 2.56. The van der Waals surface area contributed by atoms with E-state index in [4.69, 9.17) is 16.3 Å². The van der Waals surface area contributed by atoms with E-state index in [0.717, 1.165) is 18.1 Å². The van der Waals surface area contributed by atoms with Crippen LogP contribution >= 0.6 is 11.6 Å². The zero-order valence-electron chi connectivity index (χ0n) is 15.8. The maximum Gasteiger partial charge on any atom is 0.339 e. The number of nitro benzene ring substituents is 1. The molecule has 8 heteroatoms. The summed E-state index contributed by atoms with van der Waals surface area (Å²) in [7, 11) is 0. The van der Waals surface area contributed by atoms with Gasteiger partial charge in [-0.1, -0.05) is 43.6 Å². The van der Waals surface area contributed by atoms with E-state index < -0.39 is 28.6 Å². The molecule has 0 aliphatic rings. The lowest BCUT2D eigenvalue weighted by atomic mass is 9.97. The number of rotatable bonds is 7. The summed E-state index contributed by atoms with van der Waals surface area (Å²) in [5.41, 5.74) is 1.18. The summed E-state index contributed by atoms with van der Waals surface area (Å²) in [5.74, 6) is -1.09. The van der Waals surface area contributed by atoms with Crippen molar-refractivity contribution in [2.45, 2.75) is 39.2 Å². The van der Waals surface area contributed by atoms with Gasteiger partial charge >= 0.3 is 5.97 Å². The first-order valence-electron chi connectivity index (χ1n) is 8.79. The van der Waals surface area contributed by atoms with Gasteiger partial charge in [-0.15, -0.1) is 0 Å². The average Bonchev–Trinajstić information content (AvgIpc) is 2.67. The number of hydrogen-bond donors (Lipinski definition) is 1. The number of carbonyl (C=O) groups excluding carboxylic acids is 2. The standard InChI is InChI=1S/C20H21ClN2O5/c1-4-12(2)15-7-5-6-8-17(15)22-19(24)13(3)28-20(25)14-9-10-16(21)18(11-14)23(26)27/h5-13H,4H2,1-3H3,(H,22,24)/t12-,13+/m0/s1. The SMILES string of the molecule is CC[C@H](C)c1ccccc1NC(=O)[C@@H](C)OC(=O)c1ccc(Cl)c([N+](=O)[O-])c1. The van der Waals surface area contributed by atoms with Crippen LogP contribution in [0, 0.1) is 10.1 Å². The number of benzene rings is 2. The summed E-state index contributed by atoms with van der Waals surface area (Å²) in [5, 5.41) is 13.6. The predicted molar refractivity (Wildman–Crippen MR) is 107 cm³/mol. The second-order valence-corrected chi connectivity index (χ2v) is 6.76. The average molecular weight is 405 g/mol. The maximum absolute atomic E-state index is 12.5. The molecule has 2 rings (SSSR count). The highest BCUT2D eigenvalue weighted by Gasteiger charge is 2.23. The van der Waals surface area contributed by atoms with Crippen LogP contribution in [0.5, 0.6) is 0 Å². The van der Waals surface area contributed by atoms with Crippen molar-refractivity contribution in [2.75, 3.05) is 5.32 Å². The van der Waals surface area contributed by atoms with Crippen molar-refractivity contribution in [3.05, 3.63) is 68.7 Å². The van der Waals surface area contributed by atoms with E-state index in [-0.39, 0.29) is 16.5 Å². The first kappa shape index (κ1) is 21.4. The molecule has 2 aromatic rings. The third kappa shape index (κ3) is 5.07. The van der Waals surface area contributed by atoms with E-state index in [9.17, 15) is 19.7 Å². The Morgan fingerprint density at radius 1 is 1.21 bits per heavy atom. The van der Waals surface area contributed by atoms with E-state index in [1.807, 2.05) is 18.2 Å². The van der Waals surface area contributed by atoms with Gasteiger partial charge in [0, 0.05) is 11.8 Å². The number of ether oxygens (including phenoxy) is 1. The molecular formula is C20H21ClN2O5. The van der Waals surface area contributed by atoms with Crippen molar-refractivity contribution in [2.24, 2.45) is 0 Å². The van der Waals surface area contributed by atoms with Crippen LogP contribution in [0.1, 0.15) is 49.0 Å². The van der Waals surface area contributed by atoms with Crippen molar-refractivity contribution >= 4 is 34.9 Å². The number of anilines is 1. The van der Waals surface area contributed by atoms with Crippen LogP contribution in [0.25, 0.3) is 0 Å². The first-order valence-corrected chi connectivity index (χ1v) is 9.17. The van der Waals surface area contributed by atoms with Crippen LogP contribution in [-0.2, 0) is 9.53 Å². The lowest BCUT2D eigenvalue weighted by Crippen LogP contribution is -2.30. The van der Waals surface area contributed by atoms with Gasteiger partial charge in [-0.05, 0) is 43.0 Å². The molecule has 0 saturated heterocycles. The predicted octanol–water partition coefficient (Wildman–Crippen LogP) is 4.95. The van der Waals surface area contributed by atoms with Crippen LogP contribution < -0.4 is 5.32 Å². The van der Waals surface area contributed by atoms with Crippen LogP contribution in [0.2, 0.25) is 5.02 Å². The molecule has 0 spiro atoms. The number of hydrogen-bond acceptors (Lipinski definition) is 5. The van der Waals surface area contributed by atoms with Crippen molar-refractivity contribution in [3.63, 3.8) is 0 Å². The van der Waals surface area contributed by atoms with E-state index in [1.54, 1.807) is 6.07 Å². The third-order valence-electron chi connectivity index (χ3n) is 4.39. The van der Waals surface area contributed by atoms with Gasteiger partial charge in [-0.3, -0.25) is 14.9 Å². The van der Waals surface area contributed by atoms with E-state index >= 15 is 0 Å². The second-order valence-electron chi connectivity index (χ2n) is 6.36. The smallest absolute Gasteiger partial charge is 0.339 e. The molecule has 2 aromatic carbocycles. The molecule has 148 valence electrons. The summed E-state index contributed by atoms with van der Waals surface area (Å²) in [6.07, 6.45) is -0.181. The third-order valence-corrected chi connectivity index (χ3v) is 4.71. The molecule has 0 fully saturated rings. The van der Waals surface area contributed by atoms with Crippen molar-refractivity contribution in [1.29, 1.82) is 0 Å². The second kappa shape index (κ2) is 9.32. The zero-order chi connectivity index (χ0) is 20.8. The molecule has 1 amide bonds. The molecule has 1 N–H and O–H groups in total. The molecule has 0 aromatic heterocycles. The molecule has 0 aliphatic carbocycles. The minimum atomic E-state index is -1.09. The number of para-hydroxylation sites is 1. The molecule has 0 radical (unpaired) electrons. The minimum absolute atomic E-state index is 0.0595. The van der Waals surface area contributed by atoms with Gasteiger partial charge in [-0.25, -0.2) is 4.79 Å². The van der Waals surface area contributed by atoms with E-state index in [2.05, 4.69) is 19.2 Å². The van der Waals surface area contributed by atoms with Gasteiger partial charge in [0.25, 0.3) is 11.6 Å². The maximum atomic E-state index is 12.5. The number of nitro groups is 1. The number of amides is 1. The highest BCUT2D eigenvalue weighted by Crippen LogP contribution is 2.27. The van der Waals surface area contributed by atoms with E-state index in [0.29, 0.717) is 5.69 Å². The Bertz CT molecular complexity index is 900. The van der Waals surface area contributed by atoms with Gasteiger partial charge in [0.1, 0.15) is 5.02 Å². The van der Waals surface area contributed by atoms with Crippen LogP contribution in [0.15, 0.2) is 42.5 Å². The Morgan fingerprint density at radius 2 is 1.89 bits per heavy atom. The number of carbonyl (C=O) groups is 2. The van der Waals surface area contributed by atoms with Crippen molar-refractivity contribution in [1.82, 2.24) is 0 Å². The Labute approximate surface area is 167 Å². The molecule has 0 saturated carbocycles. The summed E-state index contributed by atoms with van der Waals surface area (Å²) in [6.45, 7) is 5.55. The van der Waals surface area contributed by atoms with Crippen molar-refractivity contribution in [3.8, 4) is 0 Å². The highest BCUT2D eigenvalue weighted by atomic mass is 35.5. The molecule has 0 aliphatic heterocycles. The Hall–Kier alpha value is -2.93. The summed E-state index contributed by atoms with van der Waals surface area (Å²) in [4.78, 5) is 35.0. The number of nitrogens with one attached hydrogen (secondary N) is 1. The fraction of sp³-hybridized carbons (Fsp3) is 0.300. The van der Waals surface area contributed by atoms with Gasteiger partial charge in [-0.2, -0.15) is 0 Å². The Kier molecular flexibility index (Phi) is 7.12. The fourth-order valence-corrected chi connectivity index (χ4v) is 2.74. The van der Waals surface area contributed by atoms with Gasteiger partial charge in [0.15, 0.2) is 6.10 Å². The lowest BCUT2D eigenvalue weighted by Gasteiger charge is -2.18. The number of nitrogens with zero attached hydrogens (tertiary/aromatic N) is 1. The topological polar surface area (TPSA) is 98.5 Å². The molecule has 2 atom stereocenters. The van der Waals surface area contributed by atoms with Crippen LogP contribution in [-0.4, -0.2) is 22.9 Å². The summed E-state index contributed by atoms with van der Waals surface area (Å²) in [6, 6.07) is 11.0. The molecule has 0 heterocycles. The zero-order valence-corrected chi connectivity index (χ0v) is 16.5. The minimum Gasteiger partial charge on any atom is -0.449 e. The normalized spacial score (nSPS) is 12.7. The van der Waals surface area contributed by atoms with Gasteiger partial charge in [0.05, 0.1) is 10.5 Å². The summed E-state index contributed by atoms with van der Waals surface area (Å²) >= 11 is 5.74. The molecule has 0 unspecified atom stereocenters. The molecule has 28 heavy (non-hydrogen) atoms. The molecular weight excluding hydrogens is 384 g/mol. The Morgan fingerprint density at radius 3 is 2.54 bits per heavy atom. The first-order chi connectivity index (χ1) is 13.2. The van der Waals surface area contributed by atoms with Crippen molar-refractivity contribution < 1.29 is 19.2 Å². The number of esters is 1. The van der Waals surface area contributed by atoms with Gasteiger partial charge < -0.3 is 10.1 Å². The Balaban J connectivity index is 2.10. The highest BCUT2D eigenvalue weighted by molar-refractivity contribution is 6.32. The monoisotopic (exact) mass is 404 g/mol. The molecule has 7 nitrogen and oxygen atoms in total. The quantitative estimate of drug-likeness (QED) is 0.400. The van der Waals surface area contributed by atoms with Crippen LogP contribution in [0.4, 0.5) is 11.4 Å². The van der Waals surface area contributed by atoms with Crippen LogP contribution in [0.3, 0.4) is 0 Å². The van der Waals surface area contributed by atoms with E-state index in [1.165, 1.54) is 19.1 Å². The number of halogens is 1. The summed E-state index contributed by atoms with van der Waals surface area (Å²) < 4.78 is 5.16. The van der Waals surface area contributed by atoms with Gasteiger partial charge in [0.2, 0.25) is 0 Å². The largest absolute Gasteiger partial charge is 0.449 e. The lowest BCUT2D eigenvalue weighted by molar-refractivity contribution is -0.384.